The molecular weight excluding hydrogens is 228 g/mol. The predicted octanol–water partition coefficient (Wildman–Crippen LogP) is 1.29. The Bertz CT molecular complexity index is 236. The lowest BCUT2D eigenvalue weighted by Gasteiger charge is -2.13. The Balaban J connectivity index is 3.62. The number of carboxylic acid groups (broad SMARTS) is 1. The summed E-state index contributed by atoms with van der Waals surface area (Å²) in [5.41, 5.74) is 0. The number of hydrogen-bond acceptors (Lipinski definition) is 3. The van der Waals surface area contributed by atoms with E-state index in [1.165, 1.54) is 0 Å². The van der Waals surface area contributed by atoms with Crippen LogP contribution in [0.2, 0.25) is 0 Å². The number of aliphatic carboxylic acids is 1. The molecule has 0 radical (unpaired) electrons. The van der Waals surface area contributed by atoms with Crippen LogP contribution in [0.3, 0.4) is 0 Å². The second-order valence-corrected chi connectivity index (χ2v) is 5.01. The minimum atomic E-state index is -0.913. The van der Waals surface area contributed by atoms with E-state index >= 15 is 0 Å². The maximum atomic E-state index is 11.3. The van der Waals surface area contributed by atoms with Crippen molar-refractivity contribution in [3.63, 3.8) is 0 Å². The molecular formula is C10H20N2O3S. The van der Waals surface area contributed by atoms with Gasteiger partial charge in [-0.15, -0.1) is 0 Å². The molecule has 0 aromatic carbocycles. The number of thioether (sulfide) groups is 1. The molecule has 0 aromatic rings. The Morgan fingerprint density at radius 3 is 2.50 bits per heavy atom. The van der Waals surface area contributed by atoms with Gasteiger partial charge in [-0.2, -0.15) is 11.8 Å². The van der Waals surface area contributed by atoms with E-state index in [9.17, 15) is 9.59 Å². The number of carbonyl (C=O) groups is 2. The average Bonchev–Trinajstić information content (AvgIpc) is 2.15. The van der Waals surface area contributed by atoms with Crippen LogP contribution in [0.15, 0.2) is 0 Å². The van der Waals surface area contributed by atoms with Gasteiger partial charge < -0.3 is 15.7 Å². The van der Waals surface area contributed by atoms with Crippen molar-refractivity contribution in [1.29, 1.82) is 0 Å². The summed E-state index contributed by atoms with van der Waals surface area (Å²) >= 11 is 1.75. The third-order valence-electron chi connectivity index (χ3n) is 2.10. The highest BCUT2D eigenvalue weighted by Crippen LogP contribution is 2.07. The Kier molecular flexibility index (Phi) is 7.80. The summed E-state index contributed by atoms with van der Waals surface area (Å²) in [4.78, 5) is 21.6. The van der Waals surface area contributed by atoms with Gasteiger partial charge in [-0.1, -0.05) is 6.92 Å². The minimum Gasteiger partial charge on any atom is -0.481 e. The van der Waals surface area contributed by atoms with Crippen molar-refractivity contribution in [3.05, 3.63) is 0 Å². The molecule has 2 amide bonds. The van der Waals surface area contributed by atoms with Gasteiger partial charge in [0.25, 0.3) is 0 Å². The Morgan fingerprint density at radius 2 is 2.00 bits per heavy atom. The van der Waals surface area contributed by atoms with Crippen LogP contribution in [0.4, 0.5) is 4.79 Å². The quantitative estimate of drug-likeness (QED) is 0.634. The maximum Gasteiger partial charge on any atom is 0.315 e. The summed E-state index contributed by atoms with van der Waals surface area (Å²) in [7, 11) is 0. The summed E-state index contributed by atoms with van der Waals surface area (Å²) in [5, 5.41) is 14.3. The van der Waals surface area contributed by atoms with Crippen molar-refractivity contribution in [2.24, 2.45) is 0 Å². The Morgan fingerprint density at radius 1 is 1.38 bits per heavy atom. The van der Waals surface area contributed by atoms with Crippen molar-refractivity contribution in [3.8, 4) is 0 Å². The highest BCUT2D eigenvalue weighted by molar-refractivity contribution is 7.99. The molecule has 0 saturated carbocycles. The van der Waals surface area contributed by atoms with E-state index in [4.69, 9.17) is 5.11 Å². The van der Waals surface area contributed by atoms with Crippen LogP contribution in [-0.2, 0) is 4.79 Å². The van der Waals surface area contributed by atoms with Crippen LogP contribution in [-0.4, -0.2) is 41.2 Å². The third-order valence-corrected chi connectivity index (χ3v) is 3.14. The molecule has 2 unspecified atom stereocenters. The lowest BCUT2D eigenvalue weighted by Crippen LogP contribution is -2.42. The van der Waals surface area contributed by atoms with Crippen LogP contribution >= 0.6 is 11.8 Å². The molecule has 94 valence electrons. The van der Waals surface area contributed by atoms with Crippen molar-refractivity contribution < 1.29 is 14.7 Å². The molecule has 6 heteroatoms. The van der Waals surface area contributed by atoms with Crippen LogP contribution < -0.4 is 10.6 Å². The maximum absolute atomic E-state index is 11.3. The Labute approximate surface area is 100 Å². The first-order valence-corrected chi connectivity index (χ1v) is 6.53. The van der Waals surface area contributed by atoms with Gasteiger partial charge in [-0.25, -0.2) is 4.79 Å². The lowest BCUT2D eigenvalue weighted by atomic mass is 10.2. The van der Waals surface area contributed by atoms with Crippen LogP contribution in [0.25, 0.3) is 0 Å². The number of amides is 2. The lowest BCUT2D eigenvalue weighted by molar-refractivity contribution is -0.137. The van der Waals surface area contributed by atoms with Crippen molar-refractivity contribution >= 4 is 23.8 Å². The molecule has 0 aromatic heterocycles. The van der Waals surface area contributed by atoms with Gasteiger partial charge in [0.1, 0.15) is 0 Å². The van der Waals surface area contributed by atoms with Gasteiger partial charge in [0, 0.05) is 17.8 Å². The van der Waals surface area contributed by atoms with E-state index in [1.54, 1.807) is 18.7 Å². The molecule has 0 aliphatic rings. The molecule has 16 heavy (non-hydrogen) atoms. The number of hydrogen-bond donors (Lipinski definition) is 3. The van der Waals surface area contributed by atoms with Crippen LogP contribution in [0.1, 0.15) is 26.7 Å². The summed E-state index contributed by atoms with van der Waals surface area (Å²) in [6, 6.07) is -0.655. The number of carboxylic acids is 1. The average molecular weight is 248 g/mol. The molecule has 0 aliphatic heterocycles. The first kappa shape index (κ1) is 15.1. The fraction of sp³-hybridized carbons (Fsp3) is 0.800. The molecule has 0 spiro atoms. The van der Waals surface area contributed by atoms with E-state index in [0.717, 1.165) is 6.42 Å². The first-order valence-electron chi connectivity index (χ1n) is 5.24. The molecule has 0 heterocycles. The Hall–Kier alpha value is -0.910. The van der Waals surface area contributed by atoms with Crippen molar-refractivity contribution in [2.75, 3.05) is 12.8 Å². The van der Waals surface area contributed by atoms with Gasteiger partial charge in [-0.3, -0.25) is 4.79 Å². The highest BCUT2D eigenvalue weighted by atomic mass is 32.2. The van der Waals surface area contributed by atoms with Gasteiger partial charge in [0.05, 0.1) is 6.42 Å². The summed E-state index contributed by atoms with van der Waals surface area (Å²) in [6.45, 7) is 4.36. The predicted molar refractivity (Wildman–Crippen MR) is 65.8 cm³/mol. The molecule has 0 saturated heterocycles. The summed E-state index contributed by atoms with van der Waals surface area (Å²) in [6.07, 6.45) is 2.87. The van der Waals surface area contributed by atoms with Crippen molar-refractivity contribution in [2.45, 2.75) is 38.0 Å². The molecule has 2 atom stereocenters. The highest BCUT2D eigenvalue weighted by Gasteiger charge is 2.10. The van der Waals surface area contributed by atoms with Gasteiger partial charge in [0.2, 0.25) is 0 Å². The third kappa shape index (κ3) is 8.40. The van der Waals surface area contributed by atoms with E-state index < -0.39 is 5.97 Å². The standard InChI is InChI=1S/C10H20N2O3S/c1-7(6-9(13)14)12-10(15)11-5-4-8(2)16-3/h7-8H,4-6H2,1-3H3,(H,13,14)(H2,11,12,15). The van der Waals surface area contributed by atoms with E-state index in [0.29, 0.717) is 11.8 Å². The minimum absolute atomic E-state index is 0.0609. The van der Waals surface area contributed by atoms with Gasteiger partial charge in [-0.05, 0) is 19.6 Å². The molecule has 3 N–H and O–H groups in total. The topological polar surface area (TPSA) is 78.4 Å². The van der Waals surface area contributed by atoms with Gasteiger partial charge >= 0.3 is 12.0 Å². The van der Waals surface area contributed by atoms with E-state index in [-0.39, 0.29) is 18.5 Å². The van der Waals surface area contributed by atoms with Crippen molar-refractivity contribution in [1.82, 2.24) is 10.6 Å². The zero-order valence-corrected chi connectivity index (χ0v) is 10.8. The smallest absolute Gasteiger partial charge is 0.315 e. The normalized spacial score (nSPS) is 13.9. The fourth-order valence-electron chi connectivity index (χ4n) is 1.09. The zero-order chi connectivity index (χ0) is 12.6. The molecule has 0 bridgehead atoms. The van der Waals surface area contributed by atoms with Crippen LogP contribution in [0.5, 0.6) is 0 Å². The van der Waals surface area contributed by atoms with Crippen LogP contribution in [0, 0.1) is 0 Å². The molecule has 0 aliphatic carbocycles. The number of nitrogens with one attached hydrogen (secondary N) is 2. The monoisotopic (exact) mass is 248 g/mol. The number of urea groups is 1. The van der Waals surface area contributed by atoms with Gasteiger partial charge in [0.15, 0.2) is 0 Å². The molecule has 0 rings (SSSR count). The number of carbonyl (C=O) groups excluding carboxylic acids is 1. The number of rotatable bonds is 7. The zero-order valence-electron chi connectivity index (χ0n) is 9.95. The summed E-state index contributed by atoms with van der Waals surface area (Å²) in [5.74, 6) is -0.913. The van der Waals surface area contributed by atoms with E-state index in [2.05, 4.69) is 17.6 Å². The molecule has 0 fully saturated rings. The van der Waals surface area contributed by atoms with E-state index in [1.807, 2.05) is 6.26 Å². The second-order valence-electron chi connectivity index (χ2n) is 3.73. The summed E-state index contributed by atoms with van der Waals surface area (Å²) < 4.78 is 0. The first-order chi connectivity index (χ1) is 7.45. The second kappa shape index (κ2) is 8.27. The largest absolute Gasteiger partial charge is 0.481 e. The molecule has 5 nitrogen and oxygen atoms in total. The fourth-order valence-corrected chi connectivity index (χ4v) is 1.45. The SMILES string of the molecule is CSC(C)CCNC(=O)NC(C)CC(=O)O.